The molecule has 0 bridgehead atoms. The van der Waals surface area contributed by atoms with Gasteiger partial charge in [-0.2, -0.15) is 4.31 Å². The largest absolute Gasteiger partial charge is 0.423 e. The van der Waals surface area contributed by atoms with Gasteiger partial charge in [0, 0.05) is 45.3 Å². The molecular formula is C29H32N4O4S2. The van der Waals surface area contributed by atoms with Gasteiger partial charge in [-0.25, -0.2) is 18.2 Å². The molecule has 39 heavy (non-hydrogen) atoms. The second-order valence-corrected chi connectivity index (χ2v) is 12.3. The van der Waals surface area contributed by atoms with E-state index in [1.165, 1.54) is 28.6 Å². The van der Waals surface area contributed by atoms with E-state index in [0.29, 0.717) is 12.3 Å². The quantitative estimate of drug-likeness (QED) is 0.212. The third-order valence-corrected chi connectivity index (χ3v) is 9.95. The smallest absolute Gasteiger partial charge is 0.343 e. The highest BCUT2D eigenvalue weighted by Gasteiger charge is 2.24. The molecule has 204 valence electrons. The number of benzene rings is 3. The lowest BCUT2D eigenvalue weighted by molar-refractivity contribution is 0.0735. The van der Waals surface area contributed by atoms with Gasteiger partial charge >= 0.3 is 5.97 Å². The SMILES string of the molecule is CCN1CCN(c2nc3ccc(OC(=O)c4ccc(S(=O)(=O)N(CC)Cc5ccccc5)cc4)cc3s2)CC1. The molecule has 0 saturated carbocycles. The van der Waals surface area contributed by atoms with Gasteiger partial charge in [-0.1, -0.05) is 55.5 Å². The van der Waals surface area contributed by atoms with Crippen LogP contribution in [0.5, 0.6) is 5.75 Å². The number of piperazine rings is 1. The normalized spacial score (nSPS) is 14.7. The van der Waals surface area contributed by atoms with Gasteiger partial charge in [0.15, 0.2) is 5.13 Å². The van der Waals surface area contributed by atoms with Gasteiger partial charge in [0.1, 0.15) is 5.75 Å². The summed E-state index contributed by atoms with van der Waals surface area (Å²) in [6.07, 6.45) is 0. The minimum absolute atomic E-state index is 0.134. The first-order valence-electron chi connectivity index (χ1n) is 13.1. The second-order valence-electron chi connectivity index (χ2n) is 9.38. The van der Waals surface area contributed by atoms with Crippen molar-refractivity contribution in [2.24, 2.45) is 0 Å². The summed E-state index contributed by atoms with van der Waals surface area (Å²) in [6.45, 7) is 9.61. The first kappa shape index (κ1) is 27.3. The zero-order valence-corrected chi connectivity index (χ0v) is 23.7. The Balaban J connectivity index is 1.26. The van der Waals surface area contributed by atoms with Crippen molar-refractivity contribution < 1.29 is 17.9 Å². The maximum atomic E-state index is 13.2. The van der Waals surface area contributed by atoms with E-state index in [0.717, 1.165) is 53.6 Å². The van der Waals surface area contributed by atoms with Gasteiger partial charge in [0.2, 0.25) is 10.0 Å². The Kier molecular flexibility index (Phi) is 8.27. The Hall–Kier alpha value is -3.31. The van der Waals surface area contributed by atoms with E-state index in [9.17, 15) is 13.2 Å². The molecule has 1 aliphatic rings. The summed E-state index contributed by atoms with van der Waals surface area (Å²) in [6, 6.07) is 20.8. The Morgan fingerprint density at radius 3 is 2.36 bits per heavy atom. The highest BCUT2D eigenvalue weighted by Crippen LogP contribution is 2.32. The number of rotatable bonds is 9. The van der Waals surface area contributed by atoms with E-state index < -0.39 is 16.0 Å². The van der Waals surface area contributed by atoms with Crippen LogP contribution in [-0.4, -0.2) is 67.8 Å². The van der Waals surface area contributed by atoms with Crippen LogP contribution < -0.4 is 9.64 Å². The fraction of sp³-hybridized carbons (Fsp3) is 0.310. The molecule has 10 heteroatoms. The van der Waals surface area contributed by atoms with E-state index in [2.05, 4.69) is 16.7 Å². The maximum absolute atomic E-state index is 13.2. The summed E-state index contributed by atoms with van der Waals surface area (Å²) in [5, 5.41) is 0.981. The number of anilines is 1. The van der Waals surface area contributed by atoms with Gasteiger partial charge in [0.05, 0.1) is 20.7 Å². The summed E-state index contributed by atoms with van der Waals surface area (Å²) in [5.74, 6) is -0.120. The zero-order valence-electron chi connectivity index (χ0n) is 22.1. The fourth-order valence-corrected chi connectivity index (χ4v) is 7.06. The molecule has 0 radical (unpaired) electrons. The van der Waals surface area contributed by atoms with Gasteiger partial charge in [-0.05, 0) is 48.5 Å². The minimum Gasteiger partial charge on any atom is -0.423 e. The van der Waals surface area contributed by atoms with E-state index in [4.69, 9.17) is 9.72 Å². The van der Waals surface area contributed by atoms with Crippen molar-refractivity contribution >= 4 is 42.7 Å². The summed E-state index contributed by atoms with van der Waals surface area (Å²) < 4.78 is 34.4. The number of carbonyl (C=O) groups excluding carboxylic acids is 1. The number of carbonyl (C=O) groups is 1. The lowest BCUT2D eigenvalue weighted by atomic mass is 10.2. The maximum Gasteiger partial charge on any atom is 0.343 e. The van der Waals surface area contributed by atoms with Gasteiger partial charge in [-0.3, -0.25) is 0 Å². The van der Waals surface area contributed by atoms with Crippen LogP contribution in [0, 0.1) is 0 Å². The molecule has 8 nitrogen and oxygen atoms in total. The van der Waals surface area contributed by atoms with Crippen molar-refractivity contribution in [1.82, 2.24) is 14.2 Å². The standard InChI is InChI=1S/C29H32N4O4S2/c1-3-31-16-18-32(19-17-31)29-30-26-15-12-24(20-27(26)38-29)37-28(34)23-10-13-25(14-11-23)39(35,36)33(4-2)21-22-8-6-5-7-9-22/h5-15,20H,3-4,16-19,21H2,1-2H3. The molecule has 0 aliphatic carbocycles. The number of aromatic nitrogens is 1. The number of hydrogen-bond acceptors (Lipinski definition) is 8. The second kappa shape index (κ2) is 11.8. The lowest BCUT2D eigenvalue weighted by Gasteiger charge is -2.33. The van der Waals surface area contributed by atoms with Crippen LogP contribution in [-0.2, 0) is 16.6 Å². The Morgan fingerprint density at radius 2 is 1.69 bits per heavy atom. The molecule has 0 unspecified atom stereocenters. The molecule has 0 atom stereocenters. The lowest BCUT2D eigenvalue weighted by Crippen LogP contribution is -2.46. The van der Waals surface area contributed by atoms with Crippen molar-refractivity contribution in [3.05, 3.63) is 83.9 Å². The monoisotopic (exact) mass is 564 g/mol. The van der Waals surface area contributed by atoms with Crippen LogP contribution in [0.25, 0.3) is 10.2 Å². The molecule has 0 N–H and O–H groups in total. The van der Waals surface area contributed by atoms with Crippen LogP contribution in [0.2, 0.25) is 0 Å². The molecule has 3 aromatic carbocycles. The molecule has 1 saturated heterocycles. The molecule has 5 rings (SSSR count). The molecule has 1 fully saturated rings. The molecular weight excluding hydrogens is 532 g/mol. The Bertz CT molecular complexity index is 1530. The van der Waals surface area contributed by atoms with E-state index >= 15 is 0 Å². The van der Waals surface area contributed by atoms with Crippen molar-refractivity contribution in [2.45, 2.75) is 25.3 Å². The average molecular weight is 565 g/mol. The predicted octanol–water partition coefficient (Wildman–Crippen LogP) is 4.87. The number of ether oxygens (including phenoxy) is 1. The van der Waals surface area contributed by atoms with Crippen LogP contribution in [0.4, 0.5) is 5.13 Å². The third kappa shape index (κ3) is 6.14. The first-order chi connectivity index (χ1) is 18.9. The van der Waals surface area contributed by atoms with E-state index in [1.54, 1.807) is 17.4 Å². The van der Waals surface area contributed by atoms with Crippen LogP contribution >= 0.6 is 11.3 Å². The summed E-state index contributed by atoms with van der Waals surface area (Å²) in [7, 11) is -3.72. The average Bonchev–Trinajstić information content (AvgIpc) is 3.40. The summed E-state index contributed by atoms with van der Waals surface area (Å²) in [5.41, 5.74) is 2.06. The Labute approximate surface area is 233 Å². The minimum atomic E-state index is -3.72. The van der Waals surface area contributed by atoms with E-state index in [1.807, 2.05) is 49.4 Å². The highest BCUT2D eigenvalue weighted by atomic mass is 32.2. The van der Waals surface area contributed by atoms with Crippen LogP contribution in [0.3, 0.4) is 0 Å². The third-order valence-electron chi connectivity index (χ3n) is 6.93. The summed E-state index contributed by atoms with van der Waals surface area (Å²) in [4.78, 5) is 22.5. The van der Waals surface area contributed by atoms with Crippen LogP contribution in [0.15, 0.2) is 77.7 Å². The van der Waals surface area contributed by atoms with Gasteiger partial charge in [-0.15, -0.1) is 0 Å². The number of fused-ring (bicyclic) bond motifs is 1. The van der Waals surface area contributed by atoms with Gasteiger partial charge in [0.25, 0.3) is 0 Å². The molecule has 1 aliphatic heterocycles. The predicted molar refractivity (Wildman–Crippen MR) is 155 cm³/mol. The van der Waals surface area contributed by atoms with Crippen molar-refractivity contribution in [3.8, 4) is 5.75 Å². The number of sulfonamides is 1. The number of nitrogens with zero attached hydrogens (tertiary/aromatic N) is 4. The molecule has 4 aromatic rings. The number of esters is 1. The molecule has 1 aromatic heterocycles. The van der Waals surface area contributed by atoms with E-state index in [-0.39, 0.29) is 17.0 Å². The number of likely N-dealkylation sites (N-methyl/N-ethyl adjacent to an activating group) is 1. The number of thiazole rings is 1. The summed E-state index contributed by atoms with van der Waals surface area (Å²) >= 11 is 1.59. The van der Waals surface area contributed by atoms with Crippen molar-refractivity contribution in [2.75, 3.05) is 44.2 Å². The van der Waals surface area contributed by atoms with Gasteiger partial charge < -0.3 is 14.5 Å². The molecule has 0 spiro atoms. The van der Waals surface area contributed by atoms with Crippen molar-refractivity contribution in [1.29, 1.82) is 0 Å². The zero-order chi connectivity index (χ0) is 27.4. The van der Waals surface area contributed by atoms with Crippen LogP contribution in [0.1, 0.15) is 29.8 Å². The Morgan fingerprint density at radius 1 is 0.974 bits per heavy atom. The fourth-order valence-electron chi connectivity index (χ4n) is 4.58. The number of hydrogen-bond donors (Lipinski definition) is 0. The topological polar surface area (TPSA) is 83.0 Å². The van der Waals surface area contributed by atoms with Crippen molar-refractivity contribution in [3.63, 3.8) is 0 Å². The molecule has 2 heterocycles. The highest BCUT2D eigenvalue weighted by molar-refractivity contribution is 7.89. The first-order valence-corrected chi connectivity index (χ1v) is 15.4. The molecule has 0 amide bonds.